The maximum atomic E-state index is 13.5. The molecule has 0 bridgehead atoms. The molecule has 80 heavy (non-hydrogen) atoms. The molecule has 6 unspecified atom stereocenters. The van der Waals surface area contributed by atoms with E-state index in [-0.39, 0.29) is 74.7 Å². The number of fused-ring (bicyclic) bond motifs is 1. The molecule has 1 fully saturated rings. The lowest BCUT2D eigenvalue weighted by molar-refractivity contribution is -0.0450. The van der Waals surface area contributed by atoms with Crippen molar-refractivity contribution >= 4 is 84.7 Å². The van der Waals surface area contributed by atoms with Gasteiger partial charge in [0.15, 0.2) is 0 Å². The Labute approximate surface area is 454 Å². The summed E-state index contributed by atoms with van der Waals surface area (Å²) in [5.41, 5.74) is -1.39. The minimum atomic E-state index is -6.58. The van der Waals surface area contributed by atoms with Gasteiger partial charge in [-0.25, -0.2) is 37.0 Å². The lowest BCUT2D eigenvalue weighted by atomic mass is 9.80. The number of carbonyl (C=O) groups excluding carboxylic acids is 2. The first kappa shape index (κ1) is 69.5. The first-order valence-corrected chi connectivity index (χ1v) is 35.1. The van der Waals surface area contributed by atoms with Crippen molar-refractivity contribution in [3.05, 3.63) is 73.2 Å². The Morgan fingerprint density at radius 1 is 0.775 bits per heavy atom. The molecule has 1 saturated heterocycles. The number of allylic oxidation sites excluding steroid dienone is 2. The highest BCUT2D eigenvalue weighted by Crippen LogP contribution is 2.75. The second kappa shape index (κ2) is 27.3. The number of benzene rings is 1. The number of hydrogen-bond acceptors (Lipinski definition) is 25. The molecule has 0 saturated carbocycles. The normalized spacial score (nSPS) is 22.5. The summed E-state index contributed by atoms with van der Waals surface area (Å²) in [4.78, 5) is 114. The van der Waals surface area contributed by atoms with Crippen LogP contribution in [0.5, 0.6) is 0 Å². The summed E-state index contributed by atoms with van der Waals surface area (Å²) >= 11 is 0. The van der Waals surface area contributed by atoms with Crippen LogP contribution < -0.4 is 21.5 Å². The van der Waals surface area contributed by atoms with Crippen LogP contribution in [-0.2, 0) is 93.1 Å². The maximum absolute atomic E-state index is 13.5. The molecule has 1 aromatic heterocycles. The van der Waals surface area contributed by atoms with E-state index < -0.39 is 145 Å². The summed E-state index contributed by atoms with van der Waals surface area (Å²) in [5, 5.41) is 12.9. The van der Waals surface area contributed by atoms with Gasteiger partial charge in [-0.05, 0) is 51.7 Å². The van der Waals surface area contributed by atoms with Crippen molar-refractivity contribution in [1.82, 2.24) is 14.9 Å². The fraction of sp³-hybridized carbons (Fsp3) is 0.611. The van der Waals surface area contributed by atoms with Crippen LogP contribution in [0.25, 0.3) is 0 Å². The summed E-state index contributed by atoms with van der Waals surface area (Å²) in [6.45, 7) is 4.28. The molecule has 0 spiro atoms. The Bertz CT molecular complexity index is 3310. The van der Waals surface area contributed by atoms with E-state index >= 15 is 0 Å². The lowest BCUT2D eigenvalue weighted by Crippen LogP contribution is -2.33. The zero-order chi connectivity index (χ0) is 60.7. The summed E-state index contributed by atoms with van der Waals surface area (Å²) in [6.07, 6.45) is -1.64. The molecule has 1 amide bonds. The molecule has 0 radical (unpaired) electrons. The predicted molar refractivity (Wildman–Crippen MR) is 271 cm³/mol. The highest BCUT2D eigenvalue weighted by atomic mass is 32.2. The average molecular weight is 1310 g/mol. The van der Waals surface area contributed by atoms with Crippen LogP contribution in [0.15, 0.2) is 39.7 Å². The fourth-order valence-corrected chi connectivity index (χ4v) is 16.7. The van der Waals surface area contributed by atoms with E-state index in [1.807, 2.05) is 4.98 Å². The van der Waals surface area contributed by atoms with E-state index in [4.69, 9.17) is 14.0 Å². The SMILES string of the molecule is CC=C1N(CCCS(=O)(=O)O)c2cc(C(=O)NCCCCCCOP(=O)(O)OP(=O)(O)OP(=O)(O)OP(=O)(O)OP(=O)(O)OP(=O)(O)OC[C@@H]3O[C@H](n4cc(C)c(=O)[nH]c4=O)C[C@@H]3O)cc(C(=O)OCCCS(=O)(=O)O)c2C1(C)C. The molecule has 2 aliphatic heterocycles. The topological polar surface area (TPSA) is 540 Å². The van der Waals surface area contributed by atoms with Gasteiger partial charge in [0.05, 0.1) is 43.0 Å². The number of H-pyrrole nitrogens is 1. The Hall–Kier alpha value is -3.02. The Morgan fingerprint density at radius 3 is 1.85 bits per heavy atom. The number of phosphoric acid groups is 6. The molecule has 456 valence electrons. The lowest BCUT2D eigenvalue weighted by Gasteiger charge is -2.27. The number of aliphatic hydroxyl groups excluding tert-OH is 1. The van der Waals surface area contributed by atoms with Gasteiger partial charge in [-0.2, -0.15) is 38.4 Å². The second-order valence-corrected chi connectivity index (χ2v) is 30.3. The number of anilines is 1. The van der Waals surface area contributed by atoms with Crippen molar-refractivity contribution in [1.29, 1.82) is 0 Å². The number of amides is 1. The molecule has 4 rings (SSSR count). The van der Waals surface area contributed by atoms with Crippen LogP contribution in [0.3, 0.4) is 0 Å². The van der Waals surface area contributed by atoms with E-state index in [0.717, 1.165) is 10.8 Å². The van der Waals surface area contributed by atoms with E-state index in [2.05, 4.69) is 35.9 Å². The Balaban J connectivity index is 1.25. The average Bonchev–Trinajstić information content (AvgIpc) is 3.74. The molecule has 11 N–H and O–H groups in total. The van der Waals surface area contributed by atoms with Crippen molar-refractivity contribution in [2.75, 3.05) is 49.3 Å². The minimum absolute atomic E-state index is 0.00639. The molecule has 2 aliphatic rings. The van der Waals surface area contributed by atoms with E-state index in [0.29, 0.717) is 16.9 Å². The molecule has 9 atom stereocenters. The summed E-state index contributed by atoms with van der Waals surface area (Å²) in [6, 6.07) is 2.70. The summed E-state index contributed by atoms with van der Waals surface area (Å²) in [5.74, 6) is -2.96. The number of carbonyl (C=O) groups is 2. The van der Waals surface area contributed by atoms with Crippen LogP contribution in [0.4, 0.5) is 5.69 Å². The van der Waals surface area contributed by atoms with Crippen LogP contribution >= 0.6 is 46.9 Å². The smallest absolute Gasteiger partial charge is 0.462 e. The quantitative estimate of drug-likeness (QED) is 0.0217. The number of esters is 1. The number of aromatic amines is 1. The van der Waals surface area contributed by atoms with E-state index in [1.165, 1.54) is 19.1 Å². The van der Waals surface area contributed by atoms with Crippen LogP contribution in [0.1, 0.15) is 104 Å². The largest absolute Gasteiger partial charge is 0.490 e. The van der Waals surface area contributed by atoms with Crippen molar-refractivity contribution < 1.29 is 137 Å². The second-order valence-electron chi connectivity index (χ2n) is 17.7. The molecule has 44 heteroatoms. The van der Waals surface area contributed by atoms with Gasteiger partial charge in [0.2, 0.25) is 0 Å². The molecular weight excluding hydrogens is 1250 g/mol. The van der Waals surface area contributed by atoms with Crippen molar-refractivity contribution in [3.8, 4) is 0 Å². The van der Waals surface area contributed by atoms with Crippen LogP contribution in [-0.4, -0.2) is 138 Å². The van der Waals surface area contributed by atoms with E-state index in [1.54, 1.807) is 31.7 Å². The number of nitrogens with zero attached hydrogens (tertiary/aromatic N) is 2. The third-order valence-corrected chi connectivity index (χ3v) is 21.8. The highest BCUT2D eigenvalue weighted by molar-refractivity contribution is 7.86. The summed E-state index contributed by atoms with van der Waals surface area (Å²) < 4.78 is 177. The summed E-state index contributed by atoms with van der Waals surface area (Å²) in [7, 11) is -46.2. The predicted octanol–water partition coefficient (Wildman–Crippen LogP) is 2.92. The number of aryl methyl sites for hydroxylation is 1. The number of unbranched alkanes of at least 4 members (excludes halogenated alkanes) is 3. The molecule has 2 aromatic rings. The Morgan fingerprint density at radius 2 is 1.30 bits per heavy atom. The monoisotopic (exact) mass is 1310 g/mol. The maximum Gasteiger partial charge on any atom is 0.490 e. The number of phosphoric ester groups is 2. The van der Waals surface area contributed by atoms with Crippen LogP contribution in [0, 0.1) is 6.92 Å². The zero-order valence-corrected chi connectivity index (χ0v) is 49.2. The first-order chi connectivity index (χ1) is 36.5. The van der Waals surface area contributed by atoms with Crippen molar-refractivity contribution in [2.45, 2.75) is 96.5 Å². The van der Waals surface area contributed by atoms with Gasteiger partial charge >= 0.3 is 58.6 Å². The van der Waals surface area contributed by atoms with Gasteiger partial charge in [0.1, 0.15) is 12.3 Å². The first-order valence-electron chi connectivity index (χ1n) is 22.9. The van der Waals surface area contributed by atoms with E-state index in [9.17, 15) is 102 Å². The van der Waals surface area contributed by atoms with Gasteiger partial charge in [0.25, 0.3) is 31.7 Å². The number of aliphatic hydroxyl groups is 1. The van der Waals surface area contributed by atoms with Crippen molar-refractivity contribution in [2.24, 2.45) is 0 Å². The van der Waals surface area contributed by atoms with Gasteiger partial charge in [-0.15, -0.1) is 0 Å². The highest BCUT2D eigenvalue weighted by Gasteiger charge is 2.50. The van der Waals surface area contributed by atoms with Gasteiger partial charge < -0.3 is 54.2 Å². The van der Waals surface area contributed by atoms with Gasteiger partial charge in [-0.1, -0.05) is 32.8 Å². The fourth-order valence-electron chi connectivity index (χ4n) is 7.86. The zero-order valence-electron chi connectivity index (χ0n) is 42.2. The molecule has 3 heterocycles. The number of hydrogen-bond donors (Lipinski definition) is 11. The van der Waals surface area contributed by atoms with Crippen LogP contribution in [0.2, 0.25) is 0 Å². The third kappa shape index (κ3) is 21.6. The number of ether oxygens (including phenoxy) is 2. The number of aromatic nitrogens is 2. The Kier molecular flexibility index (Phi) is 23.7. The number of rotatable bonds is 32. The standard InChI is InChI=1S/C36H58N4O32P6S2/c1-5-29-36(3,4)31-25(34(44)64-14-11-17-80(61,62)63)18-24(19-26(31)39(29)13-10-16-79(58,59)60)33(43)37-12-8-6-7-9-15-65-73(46,47)68-75(50,51)70-77(54,55)72-78(56,57)71-76(52,53)69-74(48,49)66-22-28-27(41)20-30(67-28)40-21-23(2)32(42)38-35(40)45/h5,18-19,21,27-28,30,41H,6-17,20,22H2,1-4H3,(H,37,43)(H,46,47)(H,48,49)(H,50,51)(H,52,53)(H,54,55)(H,56,57)(H,38,42,45)(H,58,59,60)(H,61,62,63)/t27-,28-,30-/m0/s1. The molecule has 1 aromatic carbocycles. The molecular formula is C36H58N4O32P6S2. The minimum Gasteiger partial charge on any atom is -0.462 e. The number of nitrogens with one attached hydrogen (secondary N) is 2. The van der Waals surface area contributed by atoms with Gasteiger partial charge in [-0.3, -0.25) is 37.3 Å². The molecule has 36 nitrogen and oxygen atoms in total. The molecule has 0 aliphatic carbocycles. The van der Waals surface area contributed by atoms with Crippen molar-refractivity contribution in [3.63, 3.8) is 0 Å². The van der Waals surface area contributed by atoms with Gasteiger partial charge in [0, 0.05) is 59.2 Å². The third-order valence-electron chi connectivity index (χ3n) is 11.0.